The van der Waals surface area contributed by atoms with E-state index in [-0.39, 0.29) is 24.2 Å². The quantitative estimate of drug-likeness (QED) is 0.633. The van der Waals surface area contributed by atoms with Crippen molar-refractivity contribution in [2.75, 3.05) is 7.11 Å². The Morgan fingerprint density at radius 2 is 2.00 bits per heavy atom. The third-order valence-corrected chi connectivity index (χ3v) is 2.16. The summed E-state index contributed by atoms with van der Waals surface area (Å²) < 4.78 is 4.47. The molecule has 0 bridgehead atoms. The molecule has 0 aromatic carbocycles. The molecular weight excluding hydrogens is 160 g/mol. The standard InChI is InChI=1S/C8H12O4/c1-12-8(11)4-6-2-5(6)3-7(9)10/h5-6H,2-4H2,1H3,(H,9,10). The van der Waals surface area contributed by atoms with Crippen LogP contribution in [0.15, 0.2) is 0 Å². The highest BCUT2D eigenvalue weighted by Crippen LogP contribution is 2.43. The van der Waals surface area contributed by atoms with Gasteiger partial charge in [-0.25, -0.2) is 0 Å². The normalized spacial score (nSPS) is 26.4. The molecule has 4 nitrogen and oxygen atoms in total. The summed E-state index contributed by atoms with van der Waals surface area (Å²) in [6.45, 7) is 0. The summed E-state index contributed by atoms with van der Waals surface area (Å²) >= 11 is 0. The lowest BCUT2D eigenvalue weighted by molar-refractivity contribution is -0.142. The van der Waals surface area contributed by atoms with Crippen LogP contribution in [0, 0.1) is 11.8 Å². The van der Waals surface area contributed by atoms with Crippen LogP contribution in [0.25, 0.3) is 0 Å². The molecule has 1 saturated carbocycles. The lowest BCUT2D eigenvalue weighted by Crippen LogP contribution is -2.03. The number of carboxylic acid groups (broad SMARTS) is 1. The van der Waals surface area contributed by atoms with Gasteiger partial charge in [0.05, 0.1) is 7.11 Å². The Balaban J connectivity index is 2.16. The van der Waals surface area contributed by atoms with E-state index in [1.54, 1.807) is 0 Å². The maximum absolute atomic E-state index is 10.7. The second-order valence-electron chi connectivity index (χ2n) is 3.13. The fourth-order valence-corrected chi connectivity index (χ4v) is 1.33. The predicted octanol–water partition coefficient (Wildman–Crippen LogP) is 0.660. The summed E-state index contributed by atoms with van der Waals surface area (Å²) in [5.41, 5.74) is 0. The van der Waals surface area contributed by atoms with Crippen LogP contribution in [0.4, 0.5) is 0 Å². The van der Waals surface area contributed by atoms with Gasteiger partial charge in [-0.05, 0) is 18.3 Å². The lowest BCUT2D eigenvalue weighted by atomic mass is 10.2. The van der Waals surface area contributed by atoms with Crippen molar-refractivity contribution >= 4 is 11.9 Å². The Morgan fingerprint density at radius 3 is 2.50 bits per heavy atom. The maximum Gasteiger partial charge on any atom is 0.305 e. The van der Waals surface area contributed by atoms with Crippen molar-refractivity contribution in [3.63, 3.8) is 0 Å². The Morgan fingerprint density at radius 1 is 1.42 bits per heavy atom. The van der Waals surface area contributed by atoms with Crippen LogP contribution in [0.3, 0.4) is 0 Å². The first kappa shape index (κ1) is 9.03. The van der Waals surface area contributed by atoms with E-state index in [1.807, 2.05) is 0 Å². The van der Waals surface area contributed by atoms with E-state index in [0.717, 1.165) is 6.42 Å². The number of hydrogen-bond donors (Lipinski definition) is 1. The molecule has 0 saturated heterocycles. The van der Waals surface area contributed by atoms with Crippen molar-refractivity contribution in [2.45, 2.75) is 19.3 Å². The number of carbonyl (C=O) groups is 2. The Hall–Kier alpha value is -1.06. The number of hydrogen-bond acceptors (Lipinski definition) is 3. The molecule has 1 fully saturated rings. The number of ether oxygens (including phenoxy) is 1. The van der Waals surface area contributed by atoms with Gasteiger partial charge in [0.25, 0.3) is 0 Å². The van der Waals surface area contributed by atoms with E-state index in [0.29, 0.717) is 6.42 Å². The van der Waals surface area contributed by atoms with Crippen LogP contribution in [-0.4, -0.2) is 24.2 Å². The minimum atomic E-state index is -0.785. The van der Waals surface area contributed by atoms with Crippen molar-refractivity contribution in [2.24, 2.45) is 11.8 Å². The van der Waals surface area contributed by atoms with E-state index in [2.05, 4.69) is 4.74 Å². The minimum Gasteiger partial charge on any atom is -0.481 e. The van der Waals surface area contributed by atoms with Crippen molar-refractivity contribution in [3.05, 3.63) is 0 Å². The average molecular weight is 172 g/mol. The summed E-state index contributed by atoms with van der Waals surface area (Å²) in [4.78, 5) is 21.0. The van der Waals surface area contributed by atoms with Gasteiger partial charge in [-0.15, -0.1) is 0 Å². The molecule has 12 heavy (non-hydrogen) atoms. The monoisotopic (exact) mass is 172 g/mol. The summed E-state index contributed by atoms with van der Waals surface area (Å²) in [5, 5.41) is 8.42. The lowest BCUT2D eigenvalue weighted by Gasteiger charge is -1.96. The van der Waals surface area contributed by atoms with Crippen molar-refractivity contribution in [1.82, 2.24) is 0 Å². The summed E-state index contributed by atoms with van der Waals surface area (Å²) in [6.07, 6.45) is 1.40. The molecule has 0 aromatic rings. The Labute approximate surface area is 70.5 Å². The molecule has 1 rings (SSSR count). The highest BCUT2D eigenvalue weighted by atomic mass is 16.5. The highest BCUT2D eigenvalue weighted by molar-refractivity contribution is 5.71. The number of esters is 1. The van der Waals surface area contributed by atoms with Crippen molar-refractivity contribution in [1.29, 1.82) is 0 Å². The van der Waals surface area contributed by atoms with Gasteiger partial charge in [0.2, 0.25) is 0 Å². The molecule has 1 aliphatic carbocycles. The summed E-state index contributed by atoms with van der Waals surface area (Å²) in [6, 6.07) is 0. The van der Waals surface area contributed by atoms with E-state index < -0.39 is 5.97 Å². The van der Waals surface area contributed by atoms with Gasteiger partial charge in [-0.1, -0.05) is 0 Å². The fraction of sp³-hybridized carbons (Fsp3) is 0.750. The summed E-state index contributed by atoms with van der Waals surface area (Å²) in [5.74, 6) is -0.588. The molecule has 0 aromatic heterocycles. The molecule has 0 heterocycles. The first-order chi connectivity index (χ1) is 5.63. The van der Waals surface area contributed by atoms with E-state index in [4.69, 9.17) is 5.11 Å². The molecule has 1 aliphatic rings. The zero-order valence-electron chi connectivity index (χ0n) is 6.95. The Bertz CT molecular complexity index is 199. The minimum absolute atomic E-state index is 0.182. The van der Waals surface area contributed by atoms with Gasteiger partial charge in [0, 0.05) is 12.8 Å². The zero-order chi connectivity index (χ0) is 9.14. The van der Waals surface area contributed by atoms with E-state index >= 15 is 0 Å². The largest absolute Gasteiger partial charge is 0.481 e. The first-order valence-corrected chi connectivity index (χ1v) is 3.92. The van der Waals surface area contributed by atoms with Crippen molar-refractivity contribution < 1.29 is 19.4 Å². The molecule has 1 N–H and O–H groups in total. The third kappa shape index (κ3) is 2.53. The molecule has 2 unspecified atom stereocenters. The molecule has 4 heteroatoms. The molecular formula is C8H12O4. The van der Waals surface area contributed by atoms with Gasteiger partial charge in [-0.3, -0.25) is 9.59 Å². The smallest absolute Gasteiger partial charge is 0.305 e. The second kappa shape index (κ2) is 3.56. The van der Waals surface area contributed by atoms with Crippen LogP contribution in [-0.2, 0) is 14.3 Å². The van der Waals surface area contributed by atoms with Crippen LogP contribution < -0.4 is 0 Å². The molecule has 0 radical (unpaired) electrons. The highest BCUT2D eigenvalue weighted by Gasteiger charge is 2.39. The van der Waals surface area contributed by atoms with Gasteiger partial charge >= 0.3 is 11.9 Å². The number of methoxy groups -OCH3 is 1. The number of aliphatic carboxylic acids is 1. The average Bonchev–Trinajstić information content (AvgIpc) is 2.66. The van der Waals surface area contributed by atoms with Gasteiger partial charge in [-0.2, -0.15) is 0 Å². The number of carbonyl (C=O) groups excluding carboxylic acids is 1. The van der Waals surface area contributed by atoms with Crippen LogP contribution >= 0.6 is 0 Å². The number of rotatable bonds is 4. The predicted molar refractivity (Wildman–Crippen MR) is 40.5 cm³/mol. The molecule has 0 spiro atoms. The number of carboxylic acids is 1. The van der Waals surface area contributed by atoms with Crippen LogP contribution in [0.1, 0.15) is 19.3 Å². The topological polar surface area (TPSA) is 63.6 Å². The Kier molecular flexibility index (Phi) is 2.68. The fourth-order valence-electron chi connectivity index (χ4n) is 1.33. The third-order valence-electron chi connectivity index (χ3n) is 2.16. The SMILES string of the molecule is COC(=O)CC1CC1CC(=O)O. The van der Waals surface area contributed by atoms with Crippen LogP contribution in [0.2, 0.25) is 0 Å². The molecule has 68 valence electrons. The van der Waals surface area contributed by atoms with E-state index in [1.165, 1.54) is 7.11 Å². The molecule has 2 atom stereocenters. The van der Waals surface area contributed by atoms with Gasteiger partial charge in [0.15, 0.2) is 0 Å². The molecule has 0 amide bonds. The van der Waals surface area contributed by atoms with Crippen molar-refractivity contribution in [3.8, 4) is 0 Å². The zero-order valence-corrected chi connectivity index (χ0v) is 6.95. The second-order valence-corrected chi connectivity index (χ2v) is 3.13. The van der Waals surface area contributed by atoms with Gasteiger partial charge < -0.3 is 9.84 Å². The van der Waals surface area contributed by atoms with E-state index in [9.17, 15) is 9.59 Å². The van der Waals surface area contributed by atoms with Gasteiger partial charge in [0.1, 0.15) is 0 Å². The first-order valence-electron chi connectivity index (χ1n) is 3.92. The summed E-state index contributed by atoms with van der Waals surface area (Å²) in [7, 11) is 1.34. The van der Waals surface area contributed by atoms with Crippen LogP contribution in [0.5, 0.6) is 0 Å². The molecule has 0 aliphatic heterocycles. The maximum atomic E-state index is 10.7.